The average molecular weight is 279 g/mol. The molecule has 0 fully saturated rings. The minimum absolute atomic E-state index is 0.314. The fraction of sp³-hybridized carbons (Fsp3) is 0.333. The van der Waals surface area contributed by atoms with Crippen LogP contribution in [0.25, 0.3) is 5.57 Å². The van der Waals surface area contributed by atoms with E-state index in [0.29, 0.717) is 6.04 Å². The molecule has 21 heavy (non-hydrogen) atoms. The molecule has 0 spiro atoms. The van der Waals surface area contributed by atoms with Crippen LogP contribution in [0, 0.1) is 6.92 Å². The molecule has 0 radical (unpaired) electrons. The average Bonchev–Trinajstić information content (AvgIpc) is 2.55. The van der Waals surface area contributed by atoms with Crippen molar-refractivity contribution in [2.45, 2.75) is 26.3 Å². The number of benzene rings is 1. The zero-order valence-electron chi connectivity index (χ0n) is 12.7. The molecule has 0 bridgehead atoms. The van der Waals surface area contributed by atoms with Gasteiger partial charge in [-0.1, -0.05) is 35.9 Å². The van der Waals surface area contributed by atoms with Crippen LogP contribution < -0.4 is 0 Å². The lowest BCUT2D eigenvalue weighted by Crippen LogP contribution is -2.31. The third-order valence-electron chi connectivity index (χ3n) is 4.19. The van der Waals surface area contributed by atoms with Crippen LogP contribution in [-0.4, -0.2) is 28.0 Å². The fourth-order valence-corrected chi connectivity index (χ4v) is 2.86. The first-order chi connectivity index (χ1) is 10.2. The van der Waals surface area contributed by atoms with Crippen LogP contribution in [0.1, 0.15) is 36.2 Å². The lowest BCUT2D eigenvalue weighted by molar-refractivity contribution is 0.229. The van der Waals surface area contributed by atoms with E-state index in [4.69, 9.17) is 0 Å². The summed E-state index contributed by atoms with van der Waals surface area (Å²) in [6.07, 6.45) is 8.80. The second kappa shape index (κ2) is 6.19. The van der Waals surface area contributed by atoms with Crippen molar-refractivity contribution in [1.29, 1.82) is 0 Å². The molecule has 1 unspecified atom stereocenters. The summed E-state index contributed by atoms with van der Waals surface area (Å²) in [4.78, 5) is 11.0. The predicted molar refractivity (Wildman–Crippen MR) is 85.8 cm³/mol. The van der Waals surface area contributed by atoms with Gasteiger partial charge in [-0.3, -0.25) is 14.9 Å². The molecular weight excluding hydrogens is 258 g/mol. The molecule has 1 aromatic carbocycles. The molecule has 2 heterocycles. The van der Waals surface area contributed by atoms with Gasteiger partial charge in [0.25, 0.3) is 0 Å². The van der Waals surface area contributed by atoms with Gasteiger partial charge in [0.1, 0.15) is 0 Å². The Hall–Kier alpha value is -2.00. The first-order valence-electron chi connectivity index (χ1n) is 7.50. The van der Waals surface area contributed by atoms with Gasteiger partial charge in [-0.25, -0.2) is 0 Å². The van der Waals surface area contributed by atoms with Crippen LogP contribution >= 0.6 is 0 Å². The van der Waals surface area contributed by atoms with Crippen molar-refractivity contribution in [1.82, 2.24) is 14.9 Å². The van der Waals surface area contributed by atoms with E-state index in [2.05, 4.69) is 59.1 Å². The van der Waals surface area contributed by atoms with Gasteiger partial charge in [0, 0.05) is 31.7 Å². The monoisotopic (exact) mass is 279 g/mol. The van der Waals surface area contributed by atoms with Crippen molar-refractivity contribution in [3.05, 3.63) is 65.8 Å². The molecule has 3 nitrogen and oxygen atoms in total. The Kier molecular flexibility index (Phi) is 4.11. The summed E-state index contributed by atoms with van der Waals surface area (Å²) in [6.45, 7) is 6.39. The van der Waals surface area contributed by atoms with Crippen molar-refractivity contribution in [2.75, 3.05) is 13.1 Å². The van der Waals surface area contributed by atoms with Gasteiger partial charge in [0.2, 0.25) is 0 Å². The van der Waals surface area contributed by atoms with Crippen LogP contribution in [0.2, 0.25) is 0 Å². The summed E-state index contributed by atoms with van der Waals surface area (Å²) < 4.78 is 0. The van der Waals surface area contributed by atoms with Crippen molar-refractivity contribution in [3.8, 4) is 0 Å². The second-order valence-corrected chi connectivity index (χ2v) is 5.65. The molecule has 1 aromatic heterocycles. The highest BCUT2D eigenvalue weighted by molar-refractivity contribution is 5.67. The first kappa shape index (κ1) is 14.0. The summed E-state index contributed by atoms with van der Waals surface area (Å²) in [6, 6.07) is 9.08. The highest BCUT2D eigenvalue weighted by Gasteiger charge is 2.20. The van der Waals surface area contributed by atoms with E-state index in [1.807, 2.05) is 6.20 Å². The van der Waals surface area contributed by atoms with E-state index in [-0.39, 0.29) is 0 Å². The van der Waals surface area contributed by atoms with Crippen LogP contribution in [0.4, 0.5) is 0 Å². The second-order valence-electron chi connectivity index (χ2n) is 5.65. The van der Waals surface area contributed by atoms with Crippen molar-refractivity contribution in [3.63, 3.8) is 0 Å². The Labute approximate surface area is 126 Å². The van der Waals surface area contributed by atoms with Gasteiger partial charge in [-0.15, -0.1) is 0 Å². The van der Waals surface area contributed by atoms with Gasteiger partial charge in [0.15, 0.2) is 0 Å². The van der Waals surface area contributed by atoms with E-state index < -0.39 is 0 Å². The Morgan fingerprint density at radius 1 is 1.24 bits per heavy atom. The van der Waals surface area contributed by atoms with Gasteiger partial charge in [0.05, 0.1) is 11.7 Å². The maximum Gasteiger partial charge on any atom is 0.0755 e. The smallest absolute Gasteiger partial charge is 0.0755 e. The van der Waals surface area contributed by atoms with Crippen molar-refractivity contribution in [2.24, 2.45) is 0 Å². The van der Waals surface area contributed by atoms with Gasteiger partial charge in [-0.05, 0) is 31.4 Å². The molecule has 3 rings (SSSR count). The quantitative estimate of drug-likeness (QED) is 0.859. The number of aromatic nitrogens is 2. The fourth-order valence-electron chi connectivity index (χ4n) is 2.86. The lowest BCUT2D eigenvalue weighted by atomic mass is 9.97. The molecule has 0 saturated heterocycles. The van der Waals surface area contributed by atoms with Crippen molar-refractivity contribution < 1.29 is 0 Å². The number of rotatable bonds is 3. The minimum Gasteiger partial charge on any atom is -0.291 e. The SMILES string of the molecule is Cc1cccc(C2=CCN(C(C)c3cnccn3)CC2)c1. The van der Waals surface area contributed by atoms with Gasteiger partial charge >= 0.3 is 0 Å². The standard InChI is InChI=1S/C18H21N3/c1-14-4-3-5-17(12-14)16-6-10-21(11-7-16)15(2)18-13-19-8-9-20-18/h3-6,8-9,12-13,15H,7,10-11H2,1-2H3. The van der Waals surface area contributed by atoms with E-state index in [1.165, 1.54) is 16.7 Å². The molecule has 3 heteroatoms. The normalized spacial score (nSPS) is 17.3. The summed E-state index contributed by atoms with van der Waals surface area (Å²) >= 11 is 0. The summed E-state index contributed by atoms with van der Waals surface area (Å²) in [7, 11) is 0. The predicted octanol–water partition coefficient (Wildman–Crippen LogP) is 3.64. The highest BCUT2D eigenvalue weighted by Crippen LogP contribution is 2.27. The largest absolute Gasteiger partial charge is 0.291 e. The first-order valence-corrected chi connectivity index (χ1v) is 7.50. The van der Waals surface area contributed by atoms with Crippen LogP contribution in [-0.2, 0) is 0 Å². The minimum atomic E-state index is 0.314. The molecule has 0 saturated carbocycles. The maximum absolute atomic E-state index is 4.42. The van der Waals surface area contributed by atoms with E-state index in [1.54, 1.807) is 12.4 Å². The molecule has 1 atom stereocenters. The van der Waals surface area contributed by atoms with Crippen LogP contribution in [0.5, 0.6) is 0 Å². The summed E-state index contributed by atoms with van der Waals surface area (Å²) in [5.41, 5.74) is 5.19. The molecule has 0 amide bonds. The topological polar surface area (TPSA) is 29.0 Å². The molecule has 1 aliphatic rings. The van der Waals surface area contributed by atoms with Crippen LogP contribution in [0.15, 0.2) is 48.9 Å². The Balaban J connectivity index is 1.72. The number of aryl methyl sites for hydroxylation is 1. The number of hydrogen-bond acceptors (Lipinski definition) is 3. The Morgan fingerprint density at radius 2 is 2.14 bits per heavy atom. The molecule has 1 aliphatic heterocycles. The maximum atomic E-state index is 4.42. The third-order valence-corrected chi connectivity index (χ3v) is 4.19. The van der Waals surface area contributed by atoms with E-state index in [9.17, 15) is 0 Å². The zero-order chi connectivity index (χ0) is 14.7. The molecular formula is C18H21N3. The van der Waals surface area contributed by atoms with Gasteiger partial charge in [-0.2, -0.15) is 0 Å². The molecule has 0 N–H and O–H groups in total. The molecule has 0 aliphatic carbocycles. The van der Waals surface area contributed by atoms with E-state index >= 15 is 0 Å². The lowest BCUT2D eigenvalue weighted by Gasteiger charge is -2.31. The number of hydrogen-bond donors (Lipinski definition) is 0. The van der Waals surface area contributed by atoms with Crippen LogP contribution in [0.3, 0.4) is 0 Å². The Bertz CT molecular complexity index is 634. The van der Waals surface area contributed by atoms with E-state index in [0.717, 1.165) is 25.2 Å². The third kappa shape index (κ3) is 3.19. The Morgan fingerprint density at radius 3 is 2.81 bits per heavy atom. The summed E-state index contributed by atoms with van der Waals surface area (Å²) in [5.74, 6) is 0. The highest BCUT2D eigenvalue weighted by atomic mass is 15.2. The summed E-state index contributed by atoms with van der Waals surface area (Å²) in [5, 5.41) is 0. The number of nitrogens with zero attached hydrogens (tertiary/aromatic N) is 3. The van der Waals surface area contributed by atoms with Crippen molar-refractivity contribution >= 4 is 5.57 Å². The van der Waals surface area contributed by atoms with Gasteiger partial charge < -0.3 is 0 Å². The zero-order valence-corrected chi connectivity index (χ0v) is 12.7. The molecule has 108 valence electrons. The molecule has 2 aromatic rings.